The van der Waals surface area contributed by atoms with E-state index in [9.17, 15) is 30.7 Å². The molecule has 3 saturated carbocycles. The first kappa shape index (κ1) is 104. The summed E-state index contributed by atoms with van der Waals surface area (Å²) in [4.78, 5) is 0. The van der Waals surface area contributed by atoms with Gasteiger partial charge >= 0.3 is 0 Å². The van der Waals surface area contributed by atoms with Crippen LogP contribution < -0.4 is 0 Å². The van der Waals surface area contributed by atoms with Gasteiger partial charge in [-0.2, -0.15) is 0 Å². The maximum atomic E-state index is 12.6. The van der Waals surface area contributed by atoms with E-state index in [0.717, 1.165) is 75.9 Å². The highest BCUT2D eigenvalue weighted by atomic mass is 19.2. The molecule has 106 heavy (non-hydrogen) atoms. The molecule has 0 N–H and O–H groups in total. The molecule has 602 valence electrons. The number of aryl methyl sites for hydroxylation is 10. The number of benzene rings is 6. The molecular formula is C99H157F7. The van der Waals surface area contributed by atoms with Crippen LogP contribution in [0.4, 0.5) is 30.7 Å². The summed E-state index contributed by atoms with van der Waals surface area (Å²) >= 11 is 0. The molecule has 0 aliphatic heterocycles. The van der Waals surface area contributed by atoms with Gasteiger partial charge in [0.05, 0.1) is 0 Å². The Kier molecular flexibility index (Phi) is 57.1. The van der Waals surface area contributed by atoms with Gasteiger partial charge < -0.3 is 0 Å². The summed E-state index contributed by atoms with van der Waals surface area (Å²) in [5, 5.41) is 0. The highest BCUT2D eigenvalue weighted by molar-refractivity contribution is 5.26. The van der Waals surface area contributed by atoms with Gasteiger partial charge in [-0.1, -0.05) is 276 Å². The summed E-state index contributed by atoms with van der Waals surface area (Å²) < 4.78 is 88.1. The largest absolute Gasteiger partial charge is 0.207 e. The van der Waals surface area contributed by atoms with E-state index in [4.69, 9.17) is 0 Å². The van der Waals surface area contributed by atoms with E-state index in [-0.39, 0.29) is 52.3 Å². The van der Waals surface area contributed by atoms with Gasteiger partial charge in [-0.15, -0.1) is 0 Å². The molecule has 0 spiro atoms. The number of hydrogen-bond donors (Lipinski definition) is 0. The van der Waals surface area contributed by atoms with Gasteiger partial charge in [0.1, 0.15) is 40.7 Å². The van der Waals surface area contributed by atoms with Gasteiger partial charge in [-0.25, -0.2) is 30.7 Å². The molecule has 6 aliphatic carbocycles. The van der Waals surface area contributed by atoms with Crippen LogP contribution in [0, 0.1) is 183 Å². The molecule has 4 unspecified atom stereocenters. The number of hydrogen-bond acceptors (Lipinski definition) is 0. The molecule has 4 atom stereocenters. The standard InChI is InChI=1S/2C8H8F2.3C8H9F.3C8H16.3C8H14.C8H10.3CH4.H2/c2*1-5-3-7(9)6(2)8(10)4-5;3*1-6-3-4-7(2)8(9)5-6;7*1-7-3-5-8(2)6-4-7;;;;/h2*3-4H,1-2H3;3*3-5H,1-2H3;3*7-8H,3-6H2,1-2H3;2*3,8H,4-6H2,1-2H3;3,5,7-8H,4,6H2,1-2H3;3-6H,1-2H3;3*1H4;1H. The minimum absolute atomic E-state index is 0. The van der Waals surface area contributed by atoms with Crippen molar-refractivity contribution in [2.24, 2.45) is 59.2 Å². The molecule has 6 aromatic carbocycles. The summed E-state index contributed by atoms with van der Waals surface area (Å²) in [5.41, 5.74) is 12.3. The zero-order valence-electron chi connectivity index (χ0n) is 69.2. The molecule has 0 bridgehead atoms. The van der Waals surface area contributed by atoms with Crippen molar-refractivity contribution in [3.63, 3.8) is 0 Å². The van der Waals surface area contributed by atoms with Crippen molar-refractivity contribution in [3.8, 4) is 0 Å². The SMILES string of the molecule is C.C.C.CC1=CCC(C)CC1.CC1=CCC(C)CC1.CC1C=CC(C)CC1.CC1CCC(C)CC1.CC1CCC(C)CC1.CC1CCC(C)CC1.Cc1cc(F)c(C)c(F)c1.Cc1cc(F)c(C)c(F)c1.Cc1ccc(C)c(F)c1.Cc1ccc(C)c(F)c1.Cc1ccc(C)c(F)c1.Cc1ccc(C)cc1.[HH]. The first-order valence-electron chi connectivity index (χ1n) is 39.4. The van der Waals surface area contributed by atoms with Crippen molar-refractivity contribution in [1.82, 2.24) is 0 Å². The van der Waals surface area contributed by atoms with Crippen molar-refractivity contribution < 1.29 is 32.2 Å². The Morgan fingerprint density at radius 2 is 0.434 bits per heavy atom. The third-order valence-electron chi connectivity index (χ3n) is 20.6. The second kappa shape index (κ2) is 58.1. The number of rotatable bonds is 0. The normalized spacial score (nSPS) is 21.4. The summed E-state index contributed by atoms with van der Waals surface area (Å²) in [7, 11) is 0. The lowest BCUT2D eigenvalue weighted by Gasteiger charge is -2.22. The molecule has 6 aliphatic rings. The summed E-state index contributed by atoms with van der Waals surface area (Å²) in [6.07, 6.45) is 37.9. The average Bonchev–Trinajstić information content (AvgIpc) is 0.877. The van der Waals surface area contributed by atoms with E-state index in [1.54, 1.807) is 64.0 Å². The molecule has 7 heteroatoms. The zero-order chi connectivity index (χ0) is 77.9. The van der Waals surface area contributed by atoms with Crippen molar-refractivity contribution >= 4 is 0 Å². The van der Waals surface area contributed by atoms with Gasteiger partial charge in [0.25, 0.3) is 0 Å². The summed E-state index contributed by atoms with van der Waals surface area (Å²) in [5.74, 6) is 7.44. The number of allylic oxidation sites excluding steroid dienone is 6. The van der Waals surface area contributed by atoms with Crippen LogP contribution in [0.2, 0.25) is 0 Å². The fourth-order valence-corrected chi connectivity index (χ4v) is 11.8. The maximum absolute atomic E-state index is 12.6. The molecule has 0 saturated heterocycles. The van der Waals surface area contributed by atoms with E-state index in [2.05, 4.69) is 146 Å². The third kappa shape index (κ3) is 50.6. The Balaban J connectivity index is -0.000000539. The molecule has 0 radical (unpaired) electrons. The monoisotopic (exact) mass is 1480 g/mol. The fraction of sp³-hybridized carbons (Fsp3) is 0.576. The maximum Gasteiger partial charge on any atom is 0.129 e. The van der Waals surface area contributed by atoms with E-state index in [1.807, 2.05) is 39.0 Å². The van der Waals surface area contributed by atoms with E-state index < -0.39 is 23.3 Å². The first-order chi connectivity index (χ1) is 48.3. The van der Waals surface area contributed by atoms with Crippen molar-refractivity contribution in [2.75, 3.05) is 0 Å². The van der Waals surface area contributed by atoms with Gasteiger partial charge in [0.2, 0.25) is 0 Å². The van der Waals surface area contributed by atoms with Crippen LogP contribution in [-0.2, 0) is 0 Å². The fourth-order valence-electron chi connectivity index (χ4n) is 11.8. The summed E-state index contributed by atoms with van der Waals surface area (Å²) in [6.45, 7) is 49.1. The molecule has 12 rings (SSSR count). The Bertz CT molecular complexity index is 2990. The Morgan fingerprint density at radius 1 is 0.236 bits per heavy atom. The molecule has 6 aromatic rings. The van der Waals surface area contributed by atoms with Crippen LogP contribution in [0.15, 0.2) is 139 Å². The molecule has 0 nitrogen and oxygen atoms in total. The molecule has 0 amide bonds. The lowest BCUT2D eigenvalue weighted by Crippen LogP contribution is -2.08. The van der Waals surface area contributed by atoms with Crippen molar-refractivity contribution in [1.29, 1.82) is 0 Å². The highest BCUT2D eigenvalue weighted by Gasteiger charge is 2.16. The minimum Gasteiger partial charge on any atom is -0.207 e. The smallest absolute Gasteiger partial charge is 0.129 e. The van der Waals surface area contributed by atoms with Crippen LogP contribution in [0.1, 0.15) is 302 Å². The van der Waals surface area contributed by atoms with E-state index in [1.165, 1.54) is 196 Å². The quantitative estimate of drug-likeness (QED) is 0.105. The van der Waals surface area contributed by atoms with Crippen LogP contribution >= 0.6 is 0 Å². The topological polar surface area (TPSA) is 0 Å². The van der Waals surface area contributed by atoms with Gasteiger partial charge in [0, 0.05) is 12.6 Å². The highest BCUT2D eigenvalue weighted by Crippen LogP contribution is 2.30. The summed E-state index contributed by atoms with van der Waals surface area (Å²) in [6, 6.07) is 29.4. The molecule has 0 aromatic heterocycles. The lowest BCUT2D eigenvalue weighted by atomic mass is 9.84. The first-order valence-corrected chi connectivity index (χ1v) is 39.4. The molecule has 0 heterocycles. The van der Waals surface area contributed by atoms with Gasteiger partial charge in [-0.05, 0) is 294 Å². The van der Waals surface area contributed by atoms with Gasteiger partial charge in [0.15, 0.2) is 0 Å². The van der Waals surface area contributed by atoms with Crippen LogP contribution in [-0.4, -0.2) is 0 Å². The Morgan fingerprint density at radius 3 is 0.594 bits per heavy atom. The minimum atomic E-state index is -0.475. The lowest BCUT2D eigenvalue weighted by molar-refractivity contribution is 0.308. The van der Waals surface area contributed by atoms with E-state index in [0.29, 0.717) is 27.8 Å². The number of halogens is 7. The second-order valence-electron chi connectivity index (χ2n) is 32.5. The molecule has 3 fully saturated rings. The Hall–Kier alpha value is -5.95. The zero-order valence-corrected chi connectivity index (χ0v) is 69.2. The van der Waals surface area contributed by atoms with Crippen LogP contribution in [0.25, 0.3) is 0 Å². The average molecular weight is 1480 g/mol. The van der Waals surface area contributed by atoms with Crippen molar-refractivity contribution in [2.45, 2.75) is 317 Å². The van der Waals surface area contributed by atoms with Gasteiger partial charge in [-0.3, -0.25) is 0 Å². The van der Waals surface area contributed by atoms with E-state index >= 15 is 0 Å². The van der Waals surface area contributed by atoms with Crippen LogP contribution in [0.5, 0.6) is 0 Å². The van der Waals surface area contributed by atoms with Crippen molar-refractivity contribution in [3.05, 3.63) is 246 Å². The Labute approximate surface area is 650 Å². The van der Waals surface area contributed by atoms with Crippen LogP contribution in [0.3, 0.4) is 0 Å². The predicted molar refractivity (Wildman–Crippen MR) is 458 cm³/mol. The molecular weight excluding hydrogens is 1320 g/mol. The second-order valence-corrected chi connectivity index (χ2v) is 32.5. The third-order valence-corrected chi connectivity index (χ3v) is 20.6. The predicted octanol–water partition coefficient (Wildman–Crippen LogP) is 33.6.